The van der Waals surface area contributed by atoms with Gasteiger partial charge in [0, 0.05) is 16.3 Å². The number of amides is 1. The Morgan fingerprint density at radius 2 is 2.05 bits per heavy atom. The maximum Gasteiger partial charge on any atom is 0.279 e. The van der Waals surface area contributed by atoms with Gasteiger partial charge in [0.05, 0.1) is 18.7 Å². The number of halogens is 1. The van der Waals surface area contributed by atoms with Crippen LogP contribution in [0.2, 0.25) is 5.02 Å². The standard InChI is InChI=1S/C17H16ClN3O/c1-21(11-14-6-2-3-8-16(14)18)12-17(22)20-15-7-4-5-13(9-15)10-19/h2-9H,11-12H2,1H3,(H,20,22)/p+1. The minimum Gasteiger partial charge on any atom is -0.326 e. The number of anilines is 1. The summed E-state index contributed by atoms with van der Waals surface area (Å²) in [5.74, 6) is -0.0976. The summed E-state index contributed by atoms with van der Waals surface area (Å²) in [6.07, 6.45) is 0. The van der Waals surface area contributed by atoms with Gasteiger partial charge in [-0.2, -0.15) is 5.26 Å². The van der Waals surface area contributed by atoms with Crippen LogP contribution in [0.3, 0.4) is 0 Å². The van der Waals surface area contributed by atoms with E-state index in [1.54, 1.807) is 24.3 Å². The third kappa shape index (κ3) is 4.59. The average molecular weight is 315 g/mol. The lowest BCUT2D eigenvalue weighted by atomic mass is 10.2. The molecule has 0 fully saturated rings. The molecule has 4 nitrogen and oxygen atoms in total. The molecule has 2 aromatic carbocycles. The molecule has 0 heterocycles. The van der Waals surface area contributed by atoms with E-state index >= 15 is 0 Å². The van der Waals surface area contributed by atoms with Crippen LogP contribution in [0.25, 0.3) is 0 Å². The maximum absolute atomic E-state index is 12.0. The van der Waals surface area contributed by atoms with E-state index in [2.05, 4.69) is 5.32 Å². The molecule has 0 aliphatic heterocycles. The van der Waals surface area contributed by atoms with Crippen LogP contribution in [0.15, 0.2) is 48.5 Å². The molecule has 2 rings (SSSR count). The Morgan fingerprint density at radius 3 is 2.77 bits per heavy atom. The number of quaternary nitrogens is 1. The molecule has 2 N–H and O–H groups in total. The second kappa shape index (κ2) is 7.60. The molecule has 1 amide bonds. The van der Waals surface area contributed by atoms with Crippen molar-refractivity contribution in [2.45, 2.75) is 6.54 Å². The third-order valence-corrected chi connectivity index (χ3v) is 3.56. The molecule has 112 valence electrons. The quantitative estimate of drug-likeness (QED) is 0.885. The summed E-state index contributed by atoms with van der Waals surface area (Å²) in [4.78, 5) is 13.1. The van der Waals surface area contributed by atoms with E-state index < -0.39 is 0 Å². The highest BCUT2D eigenvalue weighted by Crippen LogP contribution is 2.13. The van der Waals surface area contributed by atoms with E-state index in [-0.39, 0.29) is 5.91 Å². The molecule has 5 heteroatoms. The van der Waals surface area contributed by atoms with E-state index in [0.717, 1.165) is 10.5 Å². The molecule has 0 aromatic heterocycles. The van der Waals surface area contributed by atoms with Crippen LogP contribution in [-0.2, 0) is 11.3 Å². The van der Waals surface area contributed by atoms with Crippen molar-refractivity contribution in [1.82, 2.24) is 0 Å². The molecular formula is C17H17ClN3O+. The molecule has 0 aliphatic rings. The zero-order valence-corrected chi connectivity index (χ0v) is 13.0. The van der Waals surface area contributed by atoms with Gasteiger partial charge in [-0.1, -0.05) is 35.9 Å². The van der Waals surface area contributed by atoms with Gasteiger partial charge in [-0.05, 0) is 24.3 Å². The molecule has 1 unspecified atom stereocenters. The summed E-state index contributed by atoms with van der Waals surface area (Å²) in [5, 5.41) is 12.4. The highest BCUT2D eigenvalue weighted by Gasteiger charge is 2.12. The molecule has 0 spiro atoms. The number of likely N-dealkylation sites (N-methyl/N-ethyl adjacent to an activating group) is 1. The molecule has 2 aromatic rings. The Labute approximate surface area is 134 Å². The zero-order valence-electron chi connectivity index (χ0n) is 12.3. The second-order valence-corrected chi connectivity index (χ2v) is 5.55. The summed E-state index contributed by atoms with van der Waals surface area (Å²) in [5.41, 5.74) is 2.17. The van der Waals surface area contributed by atoms with Gasteiger partial charge in [0.1, 0.15) is 6.54 Å². The van der Waals surface area contributed by atoms with Crippen molar-refractivity contribution in [3.63, 3.8) is 0 Å². The van der Waals surface area contributed by atoms with Gasteiger partial charge in [-0.3, -0.25) is 4.79 Å². The summed E-state index contributed by atoms with van der Waals surface area (Å²) >= 11 is 6.12. The molecular weight excluding hydrogens is 298 g/mol. The van der Waals surface area contributed by atoms with Gasteiger partial charge >= 0.3 is 0 Å². The van der Waals surface area contributed by atoms with Gasteiger partial charge in [0.25, 0.3) is 5.91 Å². The fourth-order valence-corrected chi connectivity index (χ4v) is 2.38. The molecule has 1 atom stereocenters. The summed E-state index contributed by atoms with van der Waals surface area (Å²) in [6.45, 7) is 0.993. The second-order valence-electron chi connectivity index (χ2n) is 5.14. The van der Waals surface area contributed by atoms with Gasteiger partial charge in [0.15, 0.2) is 6.54 Å². The van der Waals surface area contributed by atoms with Crippen molar-refractivity contribution in [1.29, 1.82) is 5.26 Å². The van der Waals surface area contributed by atoms with Crippen molar-refractivity contribution in [2.75, 3.05) is 18.9 Å². The average Bonchev–Trinajstić information content (AvgIpc) is 2.49. The van der Waals surface area contributed by atoms with E-state index in [1.807, 2.05) is 37.4 Å². The number of benzene rings is 2. The SMILES string of the molecule is C[NH+](CC(=O)Nc1cccc(C#N)c1)Cc1ccccc1Cl. The molecule has 0 radical (unpaired) electrons. The van der Waals surface area contributed by atoms with Gasteiger partial charge in [-0.25, -0.2) is 0 Å². The van der Waals surface area contributed by atoms with E-state index in [9.17, 15) is 4.79 Å². The number of rotatable bonds is 5. The zero-order chi connectivity index (χ0) is 15.9. The molecule has 22 heavy (non-hydrogen) atoms. The Hall–Kier alpha value is -2.35. The fraction of sp³-hybridized carbons (Fsp3) is 0.176. The first kappa shape index (κ1) is 16.0. The number of carbonyl (C=O) groups is 1. The first-order valence-electron chi connectivity index (χ1n) is 6.93. The topological polar surface area (TPSA) is 57.3 Å². The highest BCUT2D eigenvalue weighted by molar-refractivity contribution is 6.31. The van der Waals surface area contributed by atoms with E-state index in [0.29, 0.717) is 29.4 Å². The molecule has 0 saturated heterocycles. The number of carbonyl (C=O) groups excluding carboxylic acids is 1. The van der Waals surface area contributed by atoms with Gasteiger partial charge in [-0.15, -0.1) is 0 Å². The smallest absolute Gasteiger partial charge is 0.279 e. The lowest BCUT2D eigenvalue weighted by molar-refractivity contribution is -0.885. The van der Waals surface area contributed by atoms with Crippen LogP contribution in [0.4, 0.5) is 5.69 Å². The van der Waals surface area contributed by atoms with E-state index in [1.165, 1.54) is 0 Å². The van der Waals surface area contributed by atoms with Crippen molar-refractivity contribution < 1.29 is 9.69 Å². The van der Waals surface area contributed by atoms with Crippen molar-refractivity contribution >= 4 is 23.2 Å². The summed E-state index contributed by atoms with van der Waals surface area (Å²) in [6, 6.07) is 16.5. The fourth-order valence-electron chi connectivity index (χ4n) is 2.18. The van der Waals surface area contributed by atoms with Crippen molar-refractivity contribution in [3.05, 3.63) is 64.7 Å². The minimum atomic E-state index is -0.0976. The number of hydrogen-bond donors (Lipinski definition) is 2. The molecule has 0 aliphatic carbocycles. The maximum atomic E-state index is 12.0. The van der Waals surface area contributed by atoms with Gasteiger partial charge < -0.3 is 10.2 Å². The van der Waals surface area contributed by atoms with E-state index in [4.69, 9.17) is 16.9 Å². The summed E-state index contributed by atoms with van der Waals surface area (Å²) < 4.78 is 0. The van der Waals surface area contributed by atoms with Crippen LogP contribution in [0, 0.1) is 11.3 Å². The van der Waals surface area contributed by atoms with Crippen LogP contribution >= 0.6 is 11.6 Å². The Morgan fingerprint density at radius 1 is 1.27 bits per heavy atom. The first-order valence-corrected chi connectivity index (χ1v) is 7.31. The largest absolute Gasteiger partial charge is 0.326 e. The number of nitrogens with one attached hydrogen (secondary N) is 2. The predicted octanol–water partition coefficient (Wildman–Crippen LogP) is 1.87. The lowest BCUT2D eigenvalue weighted by Crippen LogP contribution is -3.08. The minimum absolute atomic E-state index is 0.0976. The Kier molecular flexibility index (Phi) is 5.54. The number of nitrogens with zero attached hydrogens (tertiary/aromatic N) is 1. The van der Waals surface area contributed by atoms with Crippen LogP contribution in [-0.4, -0.2) is 19.5 Å². The third-order valence-electron chi connectivity index (χ3n) is 3.19. The number of nitriles is 1. The summed E-state index contributed by atoms with van der Waals surface area (Å²) in [7, 11) is 1.94. The van der Waals surface area contributed by atoms with Crippen LogP contribution in [0.1, 0.15) is 11.1 Å². The Bertz CT molecular complexity index is 709. The van der Waals surface area contributed by atoms with Crippen molar-refractivity contribution in [3.8, 4) is 6.07 Å². The Balaban J connectivity index is 1.91. The number of hydrogen-bond acceptors (Lipinski definition) is 2. The highest BCUT2D eigenvalue weighted by atomic mass is 35.5. The normalized spacial score (nSPS) is 11.5. The van der Waals surface area contributed by atoms with Gasteiger partial charge in [0.2, 0.25) is 0 Å². The van der Waals surface area contributed by atoms with Crippen LogP contribution in [0.5, 0.6) is 0 Å². The monoisotopic (exact) mass is 314 g/mol. The predicted molar refractivity (Wildman–Crippen MR) is 86.7 cm³/mol. The first-order chi connectivity index (χ1) is 10.6. The molecule has 0 saturated carbocycles. The van der Waals surface area contributed by atoms with Crippen LogP contribution < -0.4 is 10.2 Å². The molecule has 0 bridgehead atoms. The van der Waals surface area contributed by atoms with Crippen molar-refractivity contribution in [2.24, 2.45) is 0 Å². The lowest BCUT2D eigenvalue weighted by Gasteiger charge is -2.14.